The molecule has 0 atom stereocenters. The van der Waals surface area contributed by atoms with Gasteiger partial charge in [-0.05, 0) is 38.5 Å². The van der Waals surface area contributed by atoms with Crippen LogP contribution in [0.15, 0.2) is 35.1 Å². The Morgan fingerprint density at radius 1 is 1.18 bits per heavy atom. The van der Waals surface area contributed by atoms with Crippen LogP contribution in [0.3, 0.4) is 0 Å². The highest BCUT2D eigenvalue weighted by molar-refractivity contribution is 6.30. The van der Waals surface area contributed by atoms with Crippen LogP contribution in [-0.4, -0.2) is 9.78 Å². The van der Waals surface area contributed by atoms with Gasteiger partial charge in [0.15, 0.2) is 0 Å². The molecule has 4 heteroatoms. The molecule has 90 valence electrons. The molecule has 2 rings (SSSR count). The zero-order valence-corrected chi connectivity index (χ0v) is 10.9. The summed E-state index contributed by atoms with van der Waals surface area (Å²) in [6, 6.07) is 9.00. The lowest BCUT2D eigenvalue weighted by molar-refractivity contribution is 0.346. The van der Waals surface area contributed by atoms with Crippen LogP contribution < -0.4 is 5.56 Å². The highest BCUT2D eigenvalue weighted by Crippen LogP contribution is 2.20. The van der Waals surface area contributed by atoms with Crippen molar-refractivity contribution in [3.8, 4) is 11.3 Å². The van der Waals surface area contributed by atoms with Crippen molar-refractivity contribution in [2.45, 2.75) is 26.3 Å². The molecule has 0 unspecified atom stereocenters. The monoisotopic (exact) mass is 250 g/mol. The average Bonchev–Trinajstić information content (AvgIpc) is 2.61. The molecule has 0 bridgehead atoms. The predicted molar refractivity (Wildman–Crippen MR) is 70.5 cm³/mol. The van der Waals surface area contributed by atoms with E-state index in [-0.39, 0.29) is 11.1 Å². The summed E-state index contributed by atoms with van der Waals surface area (Å²) in [5, 5.41) is 3.80. The first kappa shape index (κ1) is 12.0. The lowest BCUT2D eigenvalue weighted by Gasteiger charge is -2.19. The van der Waals surface area contributed by atoms with E-state index in [9.17, 15) is 4.79 Å². The number of nitrogens with zero attached hydrogens (tertiary/aromatic N) is 1. The van der Waals surface area contributed by atoms with E-state index >= 15 is 0 Å². The summed E-state index contributed by atoms with van der Waals surface area (Å²) < 4.78 is 1.62. The van der Waals surface area contributed by atoms with E-state index in [0.29, 0.717) is 5.02 Å². The number of nitrogens with one attached hydrogen (secondary N) is 1. The van der Waals surface area contributed by atoms with Crippen LogP contribution in [0.1, 0.15) is 20.8 Å². The molecule has 0 fully saturated rings. The summed E-state index contributed by atoms with van der Waals surface area (Å²) in [4.78, 5) is 11.8. The Hall–Kier alpha value is -1.48. The molecule has 17 heavy (non-hydrogen) atoms. The van der Waals surface area contributed by atoms with Gasteiger partial charge in [0.1, 0.15) is 0 Å². The van der Waals surface area contributed by atoms with Crippen LogP contribution in [0.4, 0.5) is 0 Å². The number of rotatable bonds is 1. The largest absolute Gasteiger partial charge is 0.294 e. The predicted octanol–water partition coefficient (Wildman–Crippen LogP) is 3.25. The number of H-pyrrole nitrogens is 1. The van der Waals surface area contributed by atoms with Crippen molar-refractivity contribution >= 4 is 11.6 Å². The highest BCUT2D eigenvalue weighted by Gasteiger charge is 2.17. The van der Waals surface area contributed by atoms with Crippen molar-refractivity contribution in [3.05, 3.63) is 45.7 Å². The Bertz CT molecular complexity index is 573. The van der Waals surface area contributed by atoms with Crippen LogP contribution >= 0.6 is 11.6 Å². The third-order valence-corrected chi connectivity index (χ3v) is 2.80. The van der Waals surface area contributed by atoms with Gasteiger partial charge in [0.2, 0.25) is 0 Å². The summed E-state index contributed by atoms with van der Waals surface area (Å²) in [6.07, 6.45) is 0. The number of benzene rings is 1. The minimum atomic E-state index is -0.248. The smallest absolute Gasteiger partial charge is 0.267 e. The standard InChI is InChI=1S/C13H15ClN2O/c1-13(2,3)16-12(17)8-11(15-16)9-4-6-10(14)7-5-9/h4-8,15H,1-3H3. The van der Waals surface area contributed by atoms with E-state index in [2.05, 4.69) is 5.10 Å². The van der Waals surface area contributed by atoms with Gasteiger partial charge in [-0.15, -0.1) is 0 Å². The summed E-state index contributed by atoms with van der Waals surface area (Å²) in [5.41, 5.74) is 1.49. The van der Waals surface area contributed by atoms with E-state index in [0.717, 1.165) is 11.3 Å². The fourth-order valence-electron chi connectivity index (χ4n) is 1.67. The molecule has 0 amide bonds. The van der Waals surface area contributed by atoms with Crippen LogP contribution in [0.5, 0.6) is 0 Å². The third kappa shape index (κ3) is 2.44. The second kappa shape index (κ2) is 4.08. The van der Waals surface area contributed by atoms with Crippen molar-refractivity contribution < 1.29 is 0 Å². The molecule has 0 spiro atoms. The van der Waals surface area contributed by atoms with Crippen molar-refractivity contribution in [1.29, 1.82) is 0 Å². The Morgan fingerprint density at radius 2 is 1.76 bits per heavy atom. The topological polar surface area (TPSA) is 37.8 Å². The van der Waals surface area contributed by atoms with Gasteiger partial charge in [-0.3, -0.25) is 9.89 Å². The highest BCUT2D eigenvalue weighted by atomic mass is 35.5. The molecule has 1 heterocycles. The zero-order valence-electron chi connectivity index (χ0n) is 10.1. The molecule has 2 aromatic rings. The van der Waals surface area contributed by atoms with Crippen molar-refractivity contribution in [3.63, 3.8) is 0 Å². The molecule has 0 saturated heterocycles. The molecular formula is C13H15ClN2O. The molecule has 1 aromatic carbocycles. The van der Waals surface area contributed by atoms with Gasteiger partial charge in [-0.1, -0.05) is 23.7 Å². The van der Waals surface area contributed by atoms with Gasteiger partial charge in [0.05, 0.1) is 11.2 Å². The fraction of sp³-hybridized carbons (Fsp3) is 0.308. The Morgan fingerprint density at radius 3 is 2.24 bits per heavy atom. The van der Waals surface area contributed by atoms with Crippen molar-refractivity contribution in [1.82, 2.24) is 9.78 Å². The van der Waals surface area contributed by atoms with E-state index in [1.165, 1.54) is 0 Å². The first-order chi connectivity index (χ1) is 7.88. The number of halogens is 1. The maximum absolute atomic E-state index is 11.8. The molecule has 0 saturated carbocycles. The zero-order chi connectivity index (χ0) is 12.6. The number of hydrogen-bond acceptors (Lipinski definition) is 1. The van der Waals surface area contributed by atoms with Crippen LogP contribution in [-0.2, 0) is 5.54 Å². The van der Waals surface area contributed by atoms with Crippen molar-refractivity contribution in [2.24, 2.45) is 0 Å². The quantitative estimate of drug-likeness (QED) is 0.829. The maximum Gasteiger partial charge on any atom is 0.267 e. The molecular weight excluding hydrogens is 236 g/mol. The molecule has 0 aliphatic heterocycles. The number of aromatic amines is 1. The first-order valence-electron chi connectivity index (χ1n) is 5.46. The Labute approximate surface area is 105 Å². The molecule has 0 aliphatic rings. The van der Waals surface area contributed by atoms with Crippen LogP contribution in [0.25, 0.3) is 11.3 Å². The van der Waals surface area contributed by atoms with Crippen molar-refractivity contribution in [2.75, 3.05) is 0 Å². The van der Waals surface area contributed by atoms with Crippen LogP contribution in [0.2, 0.25) is 5.02 Å². The Balaban J connectivity index is 2.49. The molecule has 0 aliphatic carbocycles. The molecule has 3 nitrogen and oxygen atoms in total. The normalized spacial score (nSPS) is 11.8. The lowest BCUT2D eigenvalue weighted by Crippen LogP contribution is -2.32. The van der Waals surface area contributed by atoms with E-state index in [1.54, 1.807) is 10.7 Å². The summed E-state index contributed by atoms with van der Waals surface area (Å²) >= 11 is 5.83. The SMILES string of the molecule is CC(C)(C)n1[nH]c(-c2ccc(Cl)cc2)cc1=O. The van der Waals surface area contributed by atoms with Gasteiger partial charge >= 0.3 is 0 Å². The maximum atomic E-state index is 11.8. The minimum Gasteiger partial charge on any atom is -0.294 e. The van der Waals surface area contributed by atoms with Gasteiger partial charge in [0.25, 0.3) is 5.56 Å². The van der Waals surface area contributed by atoms with Crippen LogP contribution in [0, 0.1) is 0 Å². The van der Waals surface area contributed by atoms with Gasteiger partial charge in [-0.25, -0.2) is 4.68 Å². The summed E-state index contributed by atoms with van der Waals surface area (Å²) in [5.74, 6) is 0. The number of aromatic nitrogens is 2. The molecule has 0 radical (unpaired) electrons. The van der Waals surface area contributed by atoms with Gasteiger partial charge in [0, 0.05) is 11.1 Å². The van der Waals surface area contributed by atoms with Gasteiger partial charge < -0.3 is 0 Å². The number of hydrogen-bond donors (Lipinski definition) is 1. The summed E-state index contributed by atoms with van der Waals surface area (Å²) in [7, 11) is 0. The lowest BCUT2D eigenvalue weighted by atomic mass is 10.1. The average molecular weight is 251 g/mol. The second-order valence-electron chi connectivity index (χ2n) is 5.02. The third-order valence-electron chi connectivity index (χ3n) is 2.55. The fourth-order valence-corrected chi connectivity index (χ4v) is 1.80. The van der Waals surface area contributed by atoms with E-state index < -0.39 is 0 Å². The molecule has 1 aromatic heterocycles. The minimum absolute atomic E-state index is 0.0255. The first-order valence-corrected chi connectivity index (χ1v) is 5.84. The summed E-state index contributed by atoms with van der Waals surface area (Å²) in [6.45, 7) is 5.95. The van der Waals surface area contributed by atoms with E-state index in [4.69, 9.17) is 11.6 Å². The molecule has 1 N–H and O–H groups in total. The van der Waals surface area contributed by atoms with Gasteiger partial charge in [-0.2, -0.15) is 0 Å². The second-order valence-corrected chi connectivity index (χ2v) is 5.46. The Kier molecular flexibility index (Phi) is 2.87. The van der Waals surface area contributed by atoms with E-state index in [1.807, 2.05) is 45.0 Å².